The molecular formula is C43H49N2O12S3+. The lowest BCUT2D eigenvalue weighted by molar-refractivity contribution is -0.437. The summed E-state index contributed by atoms with van der Waals surface area (Å²) in [6.45, 7) is 8.36. The third kappa shape index (κ3) is 9.99. The fourth-order valence-corrected chi connectivity index (χ4v) is 9.91. The van der Waals surface area contributed by atoms with Crippen molar-refractivity contribution in [1.82, 2.24) is 0 Å². The number of aliphatic carboxylic acids is 1. The maximum absolute atomic E-state index is 12.3. The van der Waals surface area contributed by atoms with Gasteiger partial charge in [-0.1, -0.05) is 48.6 Å². The van der Waals surface area contributed by atoms with E-state index in [9.17, 15) is 48.8 Å². The molecule has 14 nitrogen and oxygen atoms in total. The maximum Gasteiger partial charge on any atom is 0.303 e. The molecule has 4 N–H and O–H groups in total. The first-order chi connectivity index (χ1) is 28.0. The van der Waals surface area contributed by atoms with Crippen molar-refractivity contribution in [2.75, 3.05) is 29.5 Å². The Morgan fingerprint density at radius 3 is 2.20 bits per heavy atom. The summed E-state index contributed by atoms with van der Waals surface area (Å²) in [5.41, 5.74) is 5.24. The molecule has 3 heterocycles. The van der Waals surface area contributed by atoms with Gasteiger partial charge in [0.15, 0.2) is 5.71 Å². The SMILES string of the molecule is CC1=CC(C)(C)N(CCCS(=O)(=O)O)c2cc3c(cc21)/C(=C/C=C/C1=[N+](CCCS(=O)(=O)O)c2ccc(S(=O)(=O)O)cc2C1(C)CCCC(=O)O)C=C(c1ccccc1)O3. The quantitative estimate of drug-likeness (QED) is 0.0830. The van der Waals surface area contributed by atoms with E-state index in [0.29, 0.717) is 35.0 Å². The Morgan fingerprint density at radius 2 is 1.55 bits per heavy atom. The molecule has 0 fully saturated rings. The van der Waals surface area contributed by atoms with Crippen molar-refractivity contribution < 1.29 is 58.1 Å². The highest BCUT2D eigenvalue weighted by atomic mass is 32.2. The smallest absolute Gasteiger partial charge is 0.303 e. The zero-order valence-corrected chi connectivity index (χ0v) is 36.1. The van der Waals surface area contributed by atoms with E-state index in [1.54, 1.807) is 0 Å². The van der Waals surface area contributed by atoms with Crippen LogP contribution >= 0.6 is 0 Å². The van der Waals surface area contributed by atoms with Gasteiger partial charge in [-0.2, -0.15) is 29.8 Å². The molecule has 3 aromatic rings. The number of nitrogens with zero attached hydrogens (tertiary/aromatic N) is 2. The summed E-state index contributed by atoms with van der Waals surface area (Å²) in [5.74, 6) is -0.820. The van der Waals surface area contributed by atoms with Crippen LogP contribution in [0, 0.1) is 0 Å². The van der Waals surface area contributed by atoms with Crippen molar-refractivity contribution in [3.63, 3.8) is 0 Å². The first-order valence-electron chi connectivity index (χ1n) is 19.4. The maximum atomic E-state index is 12.3. The van der Waals surface area contributed by atoms with E-state index in [1.807, 2.05) is 99.0 Å². The van der Waals surface area contributed by atoms with Gasteiger partial charge < -0.3 is 14.7 Å². The third-order valence-corrected chi connectivity index (χ3v) is 13.6. The first-order valence-corrected chi connectivity index (χ1v) is 24.0. The molecule has 3 aromatic carbocycles. The molecule has 1 unspecified atom stereocenters. The molecule has 3 aliphatic rings. The minimum Gasteiger partial charge on any atom is -0.481 e. The topological polar surface area (TPSA) is 216 Å². The van der Waals surface area contributed by atoms with Crippen LogP contribution in [0.2, 0.25) is 0 Å². The minimum absolute atomic E-state index is 0.0114. The second-order valence-corrected chi connectivity index (χ2v) is 20.6. The Morgan fingerprint density at radius 1 is 0.867 bits per heavy atom. The zero-order chi connectivity index (χ0) is 43.8. The molecule has 0 bridgehead atoms. The lowest BCUT2D eigenvalue weighted by Gasteiger charge is -2.44. The van der Waals surface area contributed by atoms with E-state index in [0.717, 1.165) is 33.5 Å². The minimum atomic E-state index is -4.62. The van der Waals surface area contributed by atoms with Crippen LogP contribution in [0.25, 0.3) is 16.9 Å². The number of carbonyl (C=O) groups is 1. The molecule has 0 aliphatic carbocycles. The van der Waals surface area contributed by atoms with Crippen molar-refractivity contribution in [2.24, 2.45) is 0 Å². The molecule has 6 rings (SSSR count). The Balaban J connectivity index is 1.50. The lowest BCUT2D eigenvalue weighted by atomic mass is 9.75. The third-order valence-electron chi connectivity index (χ3n) is 11.1. The molecule has 0 saturated heterocycles. The van der Waals surface area contributed by atoms with Crippen molar-refractivity contribution >= 4 is 70.3 Å². The Bertz CT molecular complexity index is 2720. The normalized spacial score (nSPS) is 19.4. The predicted octanol–water partition coefficient (Wildman–Crippen LogP) is 7.18. The second-order valence-electron chi connectivity index (χ2n) is 16.0. The first kappa shape index (κ1) is 44.6. The van der Waals surface area contributed by atoms with Crippen LogP contribution in [0.5, 0.6) is 5.75 Å². The molecule has 0 spiro atoms. The van der Waals surface area contributed by atoms with Crippen LogP contribution < -0.4 is 9.64 Å². The molecule has 17 heteroatoms. The Labute approximate surface area is 351 Å². The van der Waals surface area contributed by atoms with Gasteiger partial charge in [-0.05, 0) is 82.4 Å². The number of ether oxygens (including phenoxy) is 1. The van der Waals surface area contributed by atoms with Gasteiger partial charge in [0, 0.05) is 65.5 Å². The molecule has 0 saturated carbocycles. The van der Waals surface area contributed by atoms with E-state index in [1.165, 1.54) is 18.2 Å². The Kier molecular flexibility index (Phi) is 12.5. The molecule has 320 valence electrons. The van der Waals surface area contributed by atoms with Crippen LogP contribution in [0.4, 0.5) is 11.4 Å². The summed E-state index contributed by atoms with van der Waals surface area (Å²) in [7, 11) is -13.1. The fraction of sp³-hybridized carbons (Fsp3) is 0.349. The standard InChI is InChI=1S/C43H48N2O12S3/c1-29-28-42(2,3)45(21-11-23-59(51,52)53)37-27-39-34(26-33(29)37)31(24-38(57-39)30-12-6-5-7-13-30)14-8-15-40-43(4,19-9-16-41(46)47)35-25-32(60(54,55)56)17-18-36(35)44(40)20-10-22-58(48,49)50/h5-8,12-15,17-18,24-28H,9-11,16,19-23H2,1-4H3,(H3-,46,47,48,49,50,51,52,53,54,55,56)/p+1. The van der Waals surface area contributed by atoms with Gasteiger partial charge in [-0.15, -0.1) is 0 Å². The van der Waals surface area contributed by atoms with Crippen LogP contribution in [0.1, 0.15) is 82.1 Å². The zero-order valence-electron chi connectivity index (χ0n) is 33.7. The molecule has 0 aromatic heterocycles. The number of hydrogen-bond acceptors (Lipinski definition) is 9. The van der Waals surface area contributed by atoms with Crippen LogP contribution in [0.15, 0.2) is 95.9 Å². The monoisotopic (exact) mass is 881 g/mol. The van der Waals surface area contributed by atoms with Gasteiger partial charge in [0.1, 0.15) is 18.1 Å². The fourth-order valence-electron chi connectivity index (χ4n) is 8.41. The van der Waals surface area contributed by atoms with Crippen LogP contribution in [-0.4, -0.2) is 90.4 Å². The summed E-state index contributed by atoms with van der Waals surface area (Å²) >= 11 is 0. The van der Waals surface area contributed by atoms with E-state index >= 15 is 0 Å². The van der Waals surface area contributed by atoms with Crippen molar-refractivity contribution in [2.45, 2.75) is 75.6 Å². The average molecular weight is 882 g/mol. The van der Waals surface area contributed by atoms with Gasteiger partial charge >= 0.3 is 5.97 Å². The number of carboxylic acids is 1. The highest BCUT2D eigenvalue weighted by Gasteiger charge is 2.48. The molecular weight excluding hydrogens is 833 g/mol. The number of carboxylic acid groups (broad SMARTS) is 1. The second kappa shape index (κ2) is 16.9. The largest absolute Gasteiger partial charge is 0.481 e. The highest BCUT2D eigenvalue weighted by molar-refractivity contribution is 7.86. The van der Waals surface area contributed by atoms with Gasteiger partial charge in [0.2, 0.25) is 5.69 Å². The van der Waals surface area contributed by atoms with Gasteiger partial charge in [-0.25, -0.2) is 0 Å². The summed E-state index contributed by atoms with van der Waals surface area (Å²) in [6.07, 6.45) is 10.1. The lowest BCUT2D eigenvalue weighted by Crippen LogP contribution is -2.46. The molecule has 1 atom stereocenters. The number of rotatable bonds is 16. The van der Waals surface area contributed by atoms with Gasteiger partial charge in [0.05, 0.1) is 27.4 Å². The van der Waals surface area contributed by atoms with Gasteiger partial charge in [-0.3, -0.25) is 18.5 Å². The summed E-state index contributed by atoms with van der Waals surface area (Å²) in [5, 5.41) is 9.51. The van der Waals surface area contributed by atoms with E-state index < -0.39 is 53.0 Å². The number of fused-ring (bicyclic) bond motifs is 3. The molecule has 0 radical (unpaired) electrons. The highest BCUT2D eigenvalue weighted by Crippen LogP contribution is 2.48. The molecule has 3 aliphatic heterocycles. The van der Waals surface area contributed by atoms with Crippen molar-refractivity contribution in [3.05, 3.63) is 113 Å². The van der Waals surface area contributed by atoms with Crippen LogP contribution in [-0.2, 0) is 40.6 Å². The van der Waals surface area contributed by atoms with E-state index in [4.69, 9.17) is 4.74 Å². The Hall–Kier alpha value is -4.91. The molecule has 60 heavy (non-hydrogen) atoms. The average Bonchev–Trinajstić information content (AvgIpc) is 3.36. The number of allylic oxidation sites excluding steroid dienone is 6. The number of anilines is 1. The van der Waals surface area contributed by atoms with Crippen molar-refractivity contribution in [1.29, 1.82) is 0 Å². The van der Waals surface area contributed by atoms with E-state index in [-0.39, 0.29) is 49.3 Å². The summed E-state index contributed by atoms with van der Waals surface area (Å²) in [4.78, 5) is 13.4. The molecule has 0 amide bonds. The van der Waals surface area contributed by atoms with Crippen LogP contribution in [0.3, 0.4) is 0 Å². The number of benzene rings is 3. The summed E-state index contributed by atoms with van der Waals surface area (Å²) in [6, 6.07) is 17.6. The van der Waals surface area contributed by atoms with Gasteiger partial charge in [0.25, 0.3) is 30.4 Å². The summed E-state index contributed by atoms with van der Waals surface area (Å²) < 4.78 is 109. The predicted molar refractivity (Wildman–Crippen MR) is 231 cm³/mol. The van der Waals surface area contributed by atoms with E-state index in [2.05, 4.69) is 11.0 Å². The van der Waals surface area contributed by atoms with Crippen molar-refractivity contribution in [3.8, 4) is 5.75 Å². The number of hydrogen-bond donors (Lipinski definition) is 4.